The number of ether oxygens (including phenoxy) is 2. The number of phenolic OH excluding ortho intramolecular Hbond substituents is 1. The van der Waals surface area contributed by atoms with E-state index in [1.54, 1.807) is 6.07 Å². The second kappa shape index (κ2) is 11.0. The Morgan fingerprint density at radius 3 is 2.36 bits per heavy atom. The molecule has 0 bridgehead atoms. The summed E-state index contributed by atoms with van der Waals surface area (Å²) in [5, 5.41) is 15.0. The third-order valence-electron chi connectivity index (χ3n) is 10.1. The van der Waals surface area contributed by atoms with Crippen LogP contribution in [0.25, 0.3) is 38.7 Å². The molecule has 0 aromatic heterocycles. The lowest BCUT2D eigenvalue weighted by molar-refractivity contribution is 0.163. The Labute approximate surface area is 284 Å². The third-order valence-corrected chi connectivity index (χ3v) is 10.7. The minimum atomic E-state index is -0.889. The monoisotopic (exact) mass is 680 g/mol. The van der Waals surface area contributed by atoms with E-state index in [9.17, 15) is 5.11 Å². The summed E-state index contributed by atoms with van der Waals surface area (Å²) in [6, 6.07) is 33.6. The van der Waals surface area contributed by atoms with E-state index in [1.807, 2.05) is 12.1 Å². The van der Waals surface area contributed by atoms with Gasteiger partial charge in [0.15, 0.2) is 5.60 Å². The van der Waals surface area contributed by atoms with Gasteiger partial charge in [-0.05, 0) is 92.6 Å². The third kappa shape index (κ3) is 4.45. The van der Waals surface area contributed by atoms with Crippen LogP contribution in [0, 0.1) is 6.92 Å². The number of aryl methyl sites for hydroxylation is 1. The number of fused-ring (bicyclic) bond motifs is 10. The SMILES string of the molecule is CCCCOc1ccc(C2(c3ccccc3)C=Cc3c4c(c5cc(Br)c6c(O)cccc6c5c3O2)-c2ccc(C)cc2C4(C)C)cc1. The molecule has 234 valence electrons. The van der Waals surface area contributed by atoms with Crippen LogP contribution in [0.4, 0.5) is 0 Å². The molecule has 0 fully saturated rings. The van der Waals surface area contributed by atoms with Crippen molar-refractivity contribution in [1.82, 2.24) is 0 Å². The predicted molar refractivity (Wildman–Crippen MR) is 197 cm³/mol. The zero-order valence-corrected chi connectivity index (χ0v) is 28.7. The molecule has 0 amide bonds. The molecule has 6 aromatic carbocycles. The fraction of sp³-hybridized carbons (Fsp3) is 0.209. The van der Waals surface area contributed by atoms with E-state index in [1.165, 1.54) is 27.8 Å². The van der Waals surface area contributed by atoms with E-state index < -0.39 is 5.60 Å². The van der Waals surface area contributed by atoms with Crippen LogP contribution < -0.4 is 9.47 Å². The van der Waals surface area contributed by atoms with Gasteiger partial charge >= 0.3 is 0 Å². The highest BCUT2D eigenvalue weighted by atomic mass is 79.9. The van der Waals surface area contributed by atoms with Crippen LogP contribution in [0.3, 0.4) is 0 Å². The lowest BCUT2D eigenvalue weighted by Crippen LogP contribution is -2.35. The molecular weight excluding hydrogens is 644 g/mol. The minimum absolute atomic E-state index is 0.237. The Hall–Kier alpha value is -4.54. The number of hydrogen-bond acceptors (Lipinski definition) is 3. The molecule has 0 saturated carbocycles. The summed E-state index contributed by atoms with van der Waals surface area (Å²) in [6.45, 7) is 9.69. The number of aromatic hydroxyl groups is 1. The zero-order chi connectivity index (χ0) is 32.5. The molecular formula is C43H37BrO3. The summed E-state index contributed by atoms with van der Waals surface area (Å²) in [5.74, 6) is 1.92. The van der Waals surface area contributed by atoms with E-state index in [0.29, 0.717) is 6.61 Å². The Bertz CT molecular complexity index is 2230. The van der Waals surface area contributed by atoms with E-state index in [-0.39, 0.29) is 11.2 Å². The summed E-state index contributed by atoms with van der Waals surface area (Å²) in [5.41, 5.74) is 8.32. The van der Waals surface area contributed by atoms with Gasteiger partial charge in [-0.15, -0.1) is 0 Å². The van der Waals surface area contributed by atoms with Crippen LogP contribution in [0.5, 0.6) is 17.2 Å². The number of rotatable bonds is 6. The molecule has 3 nitrogen and oxygen atoms in total. The van der Waals surface area contributed by atoms with Gasteiger partial charge < -0.3 is 14.6 Å². The van der Waals surface area contributed by atoms with Crippen LogP contribution >= 0.6 is 15.9 Å². The summed E-state index contributed by atoms with van der Waals surface area (Å²) < 4.78 is 14.4. The van der Waals surface area contributed by atoms with Gasteiger partial charge in [0.05, 0.1) is 6.61 Å². The van der Waals surface area contributed by atoms with E-state index in [0.717, 1.165) is 67.0 Å². The fourth-order valence-electron chi connectivity index (χ4n) is 7.79. The highest BCUT2D eigenvalue weighted by Gasteiger charge is 2.44. The Kier molecular flexibility index (Phi) is 7.00. The first-order chi connectivity index (χ1) is 22.7. The van der Waals surface area contributed by atoms with Gasteiger partial charge in [0, 0.05) is 37.4 Å². The normalized spacial score (nSPS) is 17.3. The quantitative estimate of drug-likeness (QED) is 0.140. The Morgan fingerprint density at radius 2 is 1.60 bits per heavy atom. The molecule has 4 heteroatoms. The predicted octanol–water partition coefficient (Wildman–Crippen LogP) is 11.6. The Balaban J connectivity index is 1.45. The first-order valence-corrected chi connectivity index (χ1v) is 17.3. The molecule has 0 saturated heterocycles. The first-order valence-electron chi connectivity index (χ1n) is 16.5. The van der Waals surface area contributed by atoms with Crippen molar-refractivity contribution in [2.75, 3.05) is 6.61 Å². The molecule has 1 aliphatic heterocycles. The first kappa shape index (κ1) is 29.8. The molecule has 1 unspecified atom stereocenters. The zero-order valence-electron chi connectivity index (χ0n) is 27.2. The maximum Gasteiger partial charge on any atom is 0.178 e. The standard InChI is InChI=1S/C43H37BrO3/c1-5-6-23-46-29-18-16-28(17-19-29)43(27-11-8-7-9-12-27)22-21-32-40-37(30-20-15-26(2)24-34(30)42(40,3)4)33-25-35(44)39-31(13-10-14-36(39)45)38(33)41(32)47-43/h7-22,24-25,45H,5-6,23H2,1-4H3. The number of phenols is 1. The van der Waals surface area contributed by atoms with Gasteiger partial charge in [0.2, 0.25) is 0 Å². The van der Waals surface area contributed by atoms with Crippen LogP contribution in [0.1, 0.15) is 67.0 Å². The molecule has 8 rings (SSSR count). The van der Waals surface area contributed by atoms with Gasteiger partial charge in [-0.1, -0.05) is 112 Å². The molecule has 1 aliphatic carbocycles. The van der Waals surface area contributed by atoms with Crippen LogP contribution in [-0.2, 0) is 11.0 Å². The summed E-state index contributed by atoms with van der Waals surface area (Å²) >= 11 is 3.85. The van der Waals surface area contributed by atoms with Gasteiger partial charge in [-0.25, -0.2) is 0 Å². The minimum Gasteiger partial charge on any atom is -0.507 e. The molecule has 1 atom stereocenters. The lowest BCUT2D eigenvalue weighted by Gasteiger charge is -2.38. The van der Waals surface area contributed by atoms with E-state index >= 15 is 0 Å². The van der Waals surface area contributed by atoms with Crippen molar-refractivity contribution in [1.29, 1.82) is 0 Å². The van der Waals surface area contributed by atoms with E-state index in [4.69, 9.17) is 9.47 Å². The van der Waals surface area contributed by atoms with Crippen molar-refractivity contribution in [2.24, 2.45) is 0 Å². The number of halogens is 1. The fourth-order valence-corrected chi connectivity index (χ4v) is 8.43. The highest BCUT2D eigenvalue weighted by molar-refractivity contribution is 9.10. The van der Waals surface area contributed by atoms with Crippen LogP contribution in [0.15, 0.2) is 108 Å². The molecule has 47 heavy (non-hydrogen) atoms. The smallest absolute Gasteiger partial charge is 0.178 e. The molecule has 0 spiro atoms. The topological polar surface area (TPSA) is 38.7 Å². The molecule has 0 radical (unpaired) electrons. The van der Waals surface area contributed by atoms with Gasteiger partial charge in [0.1, 0.15) is 17.2 Å². The lowest BCUT2D eigenvalue weighted by atomic mass is 9.76. The maximum absolute atomic E-state index is 11.1. The van der Waals surface area contributed by atoms with Gasteiger partial charge in [-0.3, -0.25) is 0 Å². The second-order valence-electron chi connectivity index (χ2n) is 13.4. The van der Waals surface area contributed by atoms with Crippen LogP contribution in [-0.4, -0.2) is 11.7 Å². The van der Waals surface area contributed by atoms with Crippen molar-refractivity contribution in [3.05, 3.63) is 141 Å². The summed E-state index contributed by atoms with van der Waals surface area (Å²) in [4.78, 5) is 0. The van der Waals surface area contributed by atoms with Crippen molar-refractivity contribution < 1.29 is 14.6 Å². The highest BCUT2D eigenvalue weighted by Crippen LogP contribution is 2.59. The van der Waals surface area contributed by atoms with Gasteiger partial charge in [-0.2, -0.15) is 0 Å². The number of unbranched alkanes of at least 4 members (excludes halogenated alkanes) is 1. The average molecular weight is 682 g/mol. The molecule has 2 aliphatic rings. The van der Waals surface area contributed by atoms with Crippen LogP contribution in [0.2, 0.25) is 0 Å². The molecule has 6 aromatic rings. The Morgan fingerprint density at radius 1 is 0.830 bits per heavy atom. The number of hydrogen-bond donors (Lipinski definition) is 1. The van der Waals surface area contributed by atoms with Crippen molar-refractivity contribution in [2.45, 2.75) is 51.6 Å². The summed E-state index contributed by atoms with van der Waals surface area (Å²) in [6.07, 6.45) is 6.63. The van der Waals surface area contributed by atoms with Gasteiger partial charge in [0.25, 0.3) is 0 Å². The summed E-state index contributed by atoms with van der Waals surface area (Å²) in [7, 11) is 0. The number of benzene rings is 6. The van der Waals surface area contributed by atoms with E-state index in [2.05, 4.69) is 135 Å². The molecule has 1 N–H and O–H groups in total. The average Bonchev–Trinajstić information content (AvgIpc) is 3.31. The van der Waals surface area contributed by atoms with Crippen molar-refractivity contribution >= 4 is 43.6 Å². The second-order valence-corrected chi connectivity index (χ2v) is 14.3. The maximum atomic E-state index is 11.1. The largest absolute Gasteiger partial charge is 0.507 e. The van der Waals surface area contributed by atoms with Crippen molar-refractivity contribution in [3.8, 4) is 28.4 Å². The van der Waals surface area contributed by atoms with Crippen molar-refractivity contribution in [3.63, 3.8) is 0 Å². The molecule has 1 heterocycles.